The van der Waals surface area contributed by atoms with Crippen LogP contribution >= 0.6 is 0 Å². The molecule has 2 rings (SSSR count). The molecule has 1 aromatic heterocycles. The number of hydrogen-bond acceptors (Lipinski definition) is 2. The van der Waals surface area contributed by atoms with Gasteiger partial charge in [-0.05, 0) is 18.9 Å². The number of nitrogens with zero attached hydrogens (tertiary/aromatic N) is 2. The Kier molecular flexibility index (Phi) is 1.65. The molecule has 1 heterocycles. The van der Waals surface area contributed by atoms with E-state index in [-0.39, 0.29) is 11.8 Å². The molecule has 13 heavy (non-hydrogen) atoms. The molecule has 0 amide bonds. The number of aryl methyl sites for hydroxylation is 1. The molecule has 1 saturated carbocycles. The Bertz CT molecular complexity index is 356. The van der Waals surface area contributed by atoms with E-state index in [9.17, 15) is 4.79 Å². The Morgan fingerprint density at radius 1 is 1.77 bits per heavy atom. The molecule has 2 atom stereocenters. The van der Waals surface area contributed by atoms with E-state index in [1.165, 1.54) is 0 Å². The Morgan fingerprint density at radius 2 is 2.46 bits per heavy atom. The molecule has 0 spiro atoms. The number of aromatic nitrogens is 2. The first kappa shape index (κ1) is 8.29. The lowest BCUT2D eigenvalue weighted by Gasteiger charge is -1.97. The summed E-state index contributed by atoms with van der Waals surface area (Å²) in [5, 5.41) is 12.9. The van der Waals surface area contributed by atoms with Crippen LogP contribution in [0.3, 0.4) is 0 Å². The zero-order chi connectivity index (χ0) is 9.59. The topological polar surface area (TPSA) is 55.1 Å². The van der Waals surface area contributed by atoms with Gasteiger partial charge in [0.05, 0.1) is 12.1 Å². The lowest BCUT2D eigenvalue weighted by molar-refractivity contribution is -0.138. The van der Waals surface area contributed by atoms with Crippen molar-refractivity contribution in [3.05, 3.63) is 17.5 Å². The van der Waals surface area contributed by atoms with Gasteiger partial charge in [-0.2, -0.15) is 5.10 Å². The molecule has 0 aromatic carbocycles. The predicted octanol–water partition coefficient (Wildman–Crippen LogP) is 0.917. The molecule has 70 valence electrons. The van der Waals surface area contributed by atoms with Crippen molar-refractivity contribution in [1.29, 1.82) is 0 Å². The van der Waals surface area contributed by atoms with Gasteiger partial charge in [0, 0.05) is 18.7 Å². The summed E-state index contributed by atoms with van der Waals surface area (Å²) in [6.07, 6.45) is 2.55. The molecule has 4 heteroatoms. The first-order valence-electron chi connectivity index (χ1n) is 4.32. The normalized spacial score (nSPS) is 26.0. The van der Waals surface area contributed by atoms with Crippen molar-refractivity contribution >= 4 is 5.97 Å². The Balaban J connectivity index is 2.20. The summed E-state index contributed by atoms with van der Waals surface area (Å²) in [5.41, 5.74) is 2.17. The summed E-state index contributed by atoms with van der Waals surface area (Å²) in [4.78, 5) is 10.6. The van der Waals surface area contributed by atoms with Crippen LogP contribution in [-0.2, 0) is 11.8 Å². The molecule has 0 aliphatic heterocycles. The van der Waals surface area contributed by atoms with Gasteiger partial charge in [0.1, 0.15) is 0 Å². The Morgan fingerprint density at radius 3 is 2.85 bits per heavy atom. The largest absolute Gasteiger partial charge is 0.481 e. The second kappa shape index (κ2) is 2.58. The van der Waals surface area contributed by atoms with Crippen molar-refractivity contribution in [3.63, 3.8) is 0 Å². The lowest BCUT2D eigenvalue weighted by Crippen LogP contribution is -1.99. The van der Waals surface area contributed by atoms with Crippen LogP contribution in [0.25, 0.3) is 0 Å². The molecule has 1 N–H and O–H groups in total. The van der Waals surface area contributed by atoms with Crippen LogP contribution in [0.5, 0.6) is 0 Å². The van der Waals surface area contributed by atoms with Gasteiger partial charge >= 0.3 is 5.97 Å². The first-order valence-corrected chi connectivity index (χ1v) is 4.32. The standard InChI is InChI=1S/C9H12N2O2/c1-5-8(4-10-11(5)2)6-3-7(6)9(12)13/h4,6-7H,3H2,1-2H3,(H,12,13). The molecular formula is C9H12N2O2. The van der Waals surface area contributed by atoms with Crippen LogP contribution in [-0.4, -0.2) is 20.9 Å². The maximum absolute atomic E-state index is 10.6. The van der Waals surface area contributed by atoms with Gasteiger partial charge in [-0.25, -0.2) is 0 Å². The third kappa shape index (κ3) is 1.22. The predicted molar refractivity (Wildman–Crippen MR) is 46.4 cm³/mol. The lowest BCUT2D eigenvalue weighted by atomic mass is 10.1. The number of carbonyl (C=O) groups is 1. The average molecular weight is 180 g/mol. The van der Waals surface area contributed by atoms with E-state index in [1.54, 1.807) is 10.9 Å². The molecule has 2 unspecified atom stereocenters. The monoisotopic (exact) mass is 180 g/mol. The van der Waals surface area contributed by atoms with E-state index in [1.807, 2.05) is 14.0 Å². The third-order valence-electron chi connectivity index (χ3n) is 2.78. The van der Waals surface area contributed by atoms with E-state index >= 15 is 0 Å². The van der Waals surface area contributed by atoms with E-state index in [0.717, 1.165) is 17.7 Å². The second-order valence-corrected chi connectivity index (χ2v) is 3.60. The first-order chi connectivity index (χ1) is 6.11. The number of rotatable bonds is 2. The number of carboxylic acids is 1. The average Bonchev–Trinajstić information content (AvgIpc) is 2.78. The summed E-state index contributed by atoms with van der Waals surface area (Å²) in [7, 11) is 1.87. The van der Waals surface area contributed by atoms with Crippen LogP contribution in [0, 0.1) is 12.8 Å². The summed E-state index contributed by atoms with van der Waals surface area (Å²) in [5.74, 6) is -0.664. The van der Waals surface area contributed by atoms with E-state index in [0.29, 0.717) is 0 Å². The van der Waals surface area contributed by atoms with Gasteiger partial charge < -0.3 is 5.11 Å². The van der Waals surface area contributed by atoms with E-state index in [2.05, 4.69) is 5.10 Å². The van der Waals surface area contributed by atoms with Gasteiger partial charge in [0.2, 0.25) is 0 Å². The fourth-order valence-corrected chi connectivity index (χ4v) is 1.69. The zero-order valence-electron chi connectivity index (χ0n) is 7.69. The maximum atomic E-state index is 10.6. The van der Waals surface area contributed by atoms with Crippen LogP contribution in [0.1, 0.15) is 23.6 Å². The Labute approximate surface area is 76.2 Å². The van der Waals surface area contributed by atoms with Crippen molar-refractivity contribution in [1.82, 2.24) is 9.78 Å². The summed E-state index contributed by atoms with van der Waals surface area (Å²) >= 11 is 0. The molecule has 1 aliphatic carbocycles. The highest BCUT2D eigenvalue weighted by Crippen LogP contribution is 2.48. The SMILES string of the molecule is Cc1c(C2CC2C(=O)O)cnn1C. The van der Waals surface area contributed by atoms with Gasteiger partial charge in [0.15, 0.2) is 0 Å². The minimum absolute atomic E-state index is 0.178. The van der Waals surface area contributed by atoms with Crippen molar-refractivity contribution in [2.45, 2.75) is 19.3 Å². The fraction of sp³-hybridized carbons (Fsp3) is 0.556. The molecule has 0 radical (unpaired) electrons. The molecule has 1 aliphatic rings. The molecule has 4 nitrogen and oxygen atoms in total. The molecule has 1 fully saturated rings. The van der Waals surface area contributed by atoms with Crippen LogP contribution in [0.2, 0.25) is 0 Å². The highest BCUT2D eigenvalue weighted by Gasteiger charge is 2.45. The molecule has 1 aromatic rings. The van der Waals surface area contributed by atoms with E-state index < -0.39 is 5.97 Å². The van der Waals surface area contributed by atoms with Crippen molar-refractivity contribution in [2.24, 2.45) is 13.0 Å². The minimum atomic E-state index is -0.687. The van der Waals surface area contributed by atoms with Crippen molar-refractivity contribution in [2.75, 3.05) is 0 Å². The van der Waals surface area contributed by atoms with Gasteiger partial charge in [0.25, 0.3) is 0 Å². The van der Waals surface area contributed by atoms with E-state index in [4.69, 9.17) is 5.11 Å². The molecule has 0 bridgehead atoms. The number of hydrogen-bond donors (Lipinski definition) is 1. The van der Waals surface area contributed by atoms with Crippen molar-refractivity contribution < 1.29 is 9.90 Å². The summed E-state index contributed by atoms with van der Waals surface area (Å²) in [6.45, 7) is 1.97. The maximum Gasteiger partial charge on any atom is 0.307 e. The Hall–Kier alpha value is -1.32. The molecular weight excluding hydrogens is 168 g/mol. The smallest absolute Gasteiger partial charge is 0.307 e. The van der Waals surface area contributed by atoms with Gasteiger partial charge in [-0.15, -0.1) is 0 Å². The minimum Gasteiger partial charge on any atom is -0.481 e. The highest BCUT2D eigenvalue weighted by atomic mass is 16.4. The number of aliphatic carboxylic acids is 1. The second-order valence-electron chi connectivity index (χ2n) is 3.60. The van der Waals surface area contributed by atoms with Crippen LogP contribution in [0.4, 0.5) is 0 Å². The molecule has 0 saturated heterocycles. The van der Waals surface area contributed by atoms with Crippen LogP contribution < -0.4 is 0 Å². The zero-order valence-corrected chi connectivity index (χ0v) is 7.69. The van der Waals surface area contributed by atoms with Gasteiger partial charge in [-0.3, -0.25) is 9.48 Å². The van der Waals surface area contributed by atoms with Crippen LogP contribution in [0.15, 0.2) is 6.20 Å². The third-order valence-corrected chi connectivity index (χ3v) is 2.78. The van der Waals surface area contributed by atoms with Crippen molar-refractivity contribution in [3.8, 4) is 0 Å². The van der Waals surface area contributed by atoms with Gasteiger partial charge in [-0.1, -0.05) is 0 Å². The quantitative estimate of drug-likeness (QED) is 0.736. The number of carboxylic acid groups (broad SMARTS) is 1. The summed E-state index contributed by atoms with van der Waals surface area (Å²) < 4.78 is 1.78. The highest BCUT2D eigenvalue weighted by molar-refractivity contribution is 5.75. The summed E-state index contributed by atoms with van der Waals surface area (Å²) in [6, 6.07) is 0. The fourth-order valence-electron chi connectivity index (χ4n) is 1.69.